The zero-order chi connectivity index (χ0) is 65.7. The number of benzene rings is 7. The number of aliphatic hydroxyl groups is 1. The Kier molecular flexibility index (Phi) is 24.6. The van der Waals surface area contributed by atoms with E-state index in [1.54, 1.807) is 79.0 Å². The lowest BCUT2D eigenvalue weighted by Gasteiger charge is -2.29. The summed E-state index contributed by atoms with van der Waals surface area (Å²) in [5.74, 6) is -6.64. The number of phenols is 1. The van der Waals surface area contributed by atoms with Crippen LogP contribution in [0.3, 0.4) is 0 Å². The van der Waals surface area contributed by atoms with Gasteiger partial charge in [-0.2, -0.15) is 0 Å². The lowest BCUT2D eigenvalue weighted by molar-refractivity contribution is -0.137. The Hall–Kier alpha value is -9.93. The van der Waals surface area contributed by atoms with Gasteiger partial charge in [-0.25, -0.2) is 0 Å². The number of nitrogens with two attached hydrogens (primary N) is 3. The average molecular weight is 1270 g/mol. The Morgan fingerprint density at radius 1 is 0.467 bits per heavy atom. The maximum Gasteiger partial charge on any atom is 0.245 e. The molecule has 1 heterocycles. The van der Waals surface area contributed by atoms with Crippen molar-refractivity contribution in [2.45, 2.75) is 119 Å². The average Bonchev–Trinajstić information content (AvgIpc) is 1.69. The fourth-order valence-corrected chi connectivity index (χ4v) is 10.9. The van der Waals surface area contributed by atoms with Crippen molar-refractivity contribution < 1.29 is 48.6 Å². The topological polar surface area (TPSA) is 355 Å². The quantitative estimate of drug-likeness (QED) is 0.0265. The Balaban J connectivity index is 1.04. The van der Waals surface area contributed by atoms with E-state index in [0.29, 0.717) is 45.7 Å². The summed E-state index contributed by atoms with van der Waals surface area (Å²) >= 11 is 6.22. The third-order valence-corrected chi connectivity index (χ3v) is 16.1. The molecular formula is C70H78ClN11O10. The molecule has 0 radical (unpaired) electrons. The first-order valence-electron chi connectivity index (χ1n) is 30.5. The normalized spacial score (nSPS) is 14.2. The Morgan fingerprint density at radius 3 is 1.49 bits per heavy atom. The molecular weight excluding hydrogens is 1190 g/mol. The molecule has 7 aromatic carbocycles. The fourth-order valence-electron chi connectivity index (χ4n) is 10.8. The predicted molar refractivity (Wildman–Crippen MR) is 352 cm³/mol. The molecule has 22 heteroatoms. The number of aromatic hydroxyl groups is 1. The van der Waals surface area contributed by atoms with Crippen molar-refractivity contribution in [1.29, 1.82) is 0 Å². The van der Waals surface area contributed by atoms with Crippen LogP contribution in [0.25, 0.3) is 21.7 Å². The number of fused-ring (bicyclic) bond motifs is 2. The summed E-state index contributed by atoms with van der Waals surface area (Å²) in [4.78, 5) is 118. The Morgan fingerprint density at radius 2 is 0.913 bits per heavy atom. The number of amides is 8. The van der Waals surface area contributed by atoms with E-state index in [2.05, 4.69) is 42.2 Å². The highest BCUT2D eigenvalue weighted by Gasteiger charge is 2.36. The second-order valence-corrected chi connectivity index (χ2v) is 23.4. The number of rotatable bonds is 32. The second kappa shape index (κ2) is 33.2. The predicted octanol–water partition coefficient (Wildman–Crippen LogP) is 4.15. The molecule has 0 aliphatic carbocycles. The first kappa shape index (κ1) is 68.0. The van der Waals surface area contributed by atoms with Gasteiger partial charge >= 0.3 is 0 Å². The summed E-state index contributed by atoms with van der Waals surface area (Å²) in [6.45, 7) is 1.49. The summed E-state index contributed by atoms with van der Waals surface area (Å²) in [5, 5.41) is 43.7. The smallest absolute Gasteiger partial charge is 0.245 e. The van der Waals surface area contributed by atoms with Crippen LogP contribution in [0, 0.1) is 0 Å². The third kappa shape index (κ3) is 19.8. The molecule has 21 nitrogen and oxygen atoms in total. The van der Waals surface area contributed by atoms with Crippen molar-refractivity contribution in [2.24, 2.45) is 17.2 Å². The molecule has 0 spiro atoms. The van der Waals surface area contributed by atoms with Crippen molar-refractivity contribution in [3.05, 3.63) is 221 Å². The molecule has 0 bridgehead atoms. The van der Waals surface area contributed by atoms with Crippen LogP contribution in [0.15, 0.2) is 182 Å². The number of hydrogen-bond donors (Lipinski definition) is 13. The van der Waals surface area contributed by atoms with Crippen LogP contribution < -0.4 is 54.4 Å². The number of primary amides is 1. The molecule has 9 atom stereocenters. The number of aromatic nitrogens is 1. The zero-order valence-corrected chi connectivity index (χ0v) is 51.6. The molecule has 0 aliphatic heterocycles. The van der Waals surface area contributed by atoms with Gasteiger partial charge in [-0.1, -0.05) is 157 Å². The van der Waals surface area contributed by atoms with Gasteiger partial charge in [0.15, 0.2) is 0 Å². The van der Waals surface area contributed by atoms with Gasteiger partial charge in [0, 0.05) is 54.2 Å². The largest absolute Gasteiger partial charge is 0.508 e. The number of aromatic amines is 1. The first-order chi connectivity index (χ1) is 44.3. The number of H-pyrrole nitrogens is 1. The summed E-state index contributed by atoms with van der Waals surface area (Å²) in [6, 6.07) is 40.0. The number of carbonyl (C=O) groups is 8. The molecule has 0 unspecified atom stereocenters. The number of aliphatic hydroxyl groups excluding tert-OH is 1. The lowest BCUT2D eigenvalue weighted by atomic mass is 9.99. The molecule has 8 amide bonds. The maximum absolute atomic E-state index is 15.1. The van der Waals surface area contributed by atoms with E-state index < -0.39 is 102 Å². The SMILES string of the molecule is C[C@@H](O)[C@H](NC(=O)[C@H](CCCCN)NC(=O)[C@@H](Cc1c[nH]c2ccccc12)NC(=O)[C@H](Cc1ccc(O)cc1)NC(=O)[C@H](Cc1ccc(Cl)cc1)NC(=O)[C@H](N)Cc1ccccc1)C(=O)N[C@@H](Cc1ccccc1)C(=O)N[C@@H](Cc1ccc2ccccc2c1)C(N)=O. The first-order valence-corrected chi connectivity index (χ1v) is 30.9. The maximum atomic E-state index is 15.1. The summed E-state index contributed by atoms with van der Waals surface area (Å²) in [5.41, 5.74) is 22.7. The van der Waals surface area contributed by atoms with E-state index in [1.165, 1.54) is 19.1 Å². The molecule has 1 aromatic heterocycles. The van der Waals surface area contributed by atoms with E-state index in [0.717, 1.165) is 27.2 Å². The van der Waals surface area contributed by atoms with Crippen LogP contribution in [-0.4, -0.2) is 123 Å². The minimum atomic E-state index is -1.72. The summed E-state index contributed by atoms with van der Waals surface area (Å²) < 4.78 is 0. The van der Waals surface area contributed by atoms with Crippen molar-refractivity contribution in [3.63, 3.8) is 0 Å². The minimum Gasteiger partial charge on any atom is -0.508 e. The Labute approximate surface area is 538 Å². The summed E-state index contributed by atoms with van der Waals surface area (Å²) in [7, 11) is 0. The van der Waals surface area contributed by atoms with Crippen molar-refractivity contribution >= 4 is 80.5 Å². The molecule has 8 aromatic rings. The van der Waals surface area contributed by atoms with Crippen LogP contribution in [0.4, 0.5) is 0 Å². The molecule has 0 saturated heterocycles. The number of para-hydroxylation sites is 1. The van der Waals surface area contributed by atoms with E-state index in [1.807, 2.05) is 91.0 Å². The van der Waals surface area contributed by atoms with Crippen LogP contribution >= 0.6 is 11.6 Å². The van der Waals surface area contributed by atoms with Crippen molar-refractivity contribution in [3.8, 4) is 5.75 Å². The van der Waals surface area contributed by atoms with Crippen LogP contribution in [0.2, 0.25) is 5.02 Å². The second-order valence-electron chi connectivity index (χ2n) is 22.9. The number of carbonyl (C=O) groups excluding carboxylic acids is 8. The van der Waals surface area contributed by atoms with E-state index in [4.69, 9.17) is 28.8 Å². The molecule has 0 saturated carbocycles. The number of hydrogen-bond acceptors (Lipinski definition) is 12. The van der Waals surface area contributed by atoms with E-state index in [-0.39, 0.29) is 57.2 Å². The van der Waals surface area contributed by atoms with Gasteiger partial charge < -0.3 is 69.6 Å². The number of halogens is 1. The van der Waals surface area contributed by atoms with E-state index >= 15 is 9.59 Å². The third-order valence-electron chi connectivity index (χ3n) is 15.8. The van der Waals surface area contributed by atoms with E-state index in [9.17, 15) is 39.0 Å². The highest BCUT2D eigenvalue weighted by Crippen LogP contribution is 2.22. The van der Waals surface area contributed by atoms with Crippen LogP contribution in [0.1, 0.15) is 59.6 Å². The Bertz CT molecular complexity index is 3820. The van der Waals surface area contributed by atoms with Gasteiger partial charge in [-0.15, -0.1) is 0 Å². The van der Waals surface area contributed by atoms with Crippen molar-refractivity contribution in [2.75, 3.05) is 6.54 Å². The molecule has 480 valence electrons. The van der Waals surface area contributed by atoms with Gasteiger partial charge in [-0.05, 0) is 114 Å². The molecule has 0 aliphatic rings. The highest BCUT2D eigenvalue weighted by atomic mass is 35.5. The number of nitrogens with one attached hydrogen (secondary N) is 8. The van der Waals surface area contributed by atoms with Gasteiger partial charge in [0.1, 0.15) is 48.0 Å². The standard InChI is InChI=1S/C70H78ClN11O10/c1-42(83)62(70(92)81-60(36-44-16-6-3-7-17-44)66(88)77-57(63(74)85)39-47-23-28-48-18-8-9-19-49(48)34-47)82-65(87)56(22-12-13-33-72)76-69(91)61(40-50-41-75-55-21-11-10-20-53(50)55)80-68(90)59(38-46-26-31-52(84)32-27-46)79-67(89)58(37-45-24-29-51(71)30-25-45)78-64(86)54(73)35-43-14-4-2-5-15-43/h2-11,14-21,23-32,34,41-42,54,56-62,75,83-84H,12-13,22,33,35-40,72-73H2,1H3,(H2,74,85)(H,76,91)(H,77,88)(H,78,86)(H,79,89)(H,80,90)(H,81,92)(H,82,87)/t42-,54-,56+,57+,58+,59+,60+,61-,62+/m1/s1. The molecule has 8 rings (SSSR count). The molecule has 0 fully saturated rings. The monoisotopic (exact) mass is 1270 g/mol. The zero-order valence-electron chi connectivity index (χ0n) is 50.9. The van der Waals surface area contributed by atoms with Gasteiger partial charge in [0.2, 0.25) is 47.3 Å². The molecule has 92 heavy (non-hydrogen) atoms. The van der Waals surface area contributed by atoms with Gasteiger partial charge in [0.25, 0.3) is 0 Å². The molecule has 16 N–H and O–H groups in total. The summed E-state index contributed by atoms with van der Waals surface area (Å²) in [6.07, 6.45) is 0.512. The lowest BCUT2D eigenvalue weighted by Crippen LogP contribution is -2.62. The van der Waals surface area contributed by atoms with Gasteiger partial charge in [-0.3, -0.25) is 38.4 Å². The van der Waals surface area contributed by atoms with Crippen LogP contribution in [0.5, 0.6) is 5.75 Å². The van der Waals surface area contributed by atoms with Crippen molar-refractivity contribution in [1.82, 2.24) is 42.2 Å². The van der Waals surface area contributed by atoms with Crippen LogP contribution in [-0.2, 0) is 76.9 Å². The van der Waals surface area contributed by atoms with Gasteiger partial charge in [0.05, 0.1) is 12.1 Å². The minimum absolute atomic E-state index is 0.0311. The highest BCUT2D eigenvalue weighted by molar-refractivity contribution is 6.30. The number of unbranched alkanes of at least 4 members (excludes halogenated alkanes) is 1. The number of phenolic OH excluding ortho intramolecular Hbond substituents is 1. The fraction of sp³-hybridized carbons (Fsp3) is 0.286.